The van der Waals surface area contributed by atoms with Crippen LogP contribution in [0, 0.1) is 0 Å². The van der Waals surface area contributed by atoms with Crippen LogP contribution in [0.1, 0.15) is 44.9 Å². The lowest BCUT2D eigenvalue weighted by molar-refractivity contribution is 0.0764. The maximum Gasteiger partial charge on any atom is 0.370 e. The van der Waals surface area contributed by atoms with Gasteiger partial charge in [0.15, 0.2) is 5.69 Å². The van der Waals surface area contributed by atoms with Gasteiger partial charge < -0.3 is 18.7 Å². The maximum absolute atomic E-state index is 13.8. The van der Waals surface area contributed by atoms with Crippen LogP contribution in [0.3, 0.4) is 0 Å². The molecule has 8 nitrogen and oxygen atoms in total. The highest BCUT2D eigenvalue weighted by Crippen LogP contribution is 2.48. The summed E-state index contributed by atoms with van der Waals surface area (Å²) in [5.74, 6) is -0.214. The van der Waals surface area contributed by atoms with E-state index in [1.165, 1.54) is 23.1 Å². The number of hydrogen-bond donors (Lipinski definition) is 1. The zero-order valence-electron chi connectivity index (χ0n) is 20.0. The number of nitrogens with zero attached hydrogens (tertiary/aromatic N) is 4. The van der Waals surface area contributed by atoms with Crippen molar-refractivity contribution in [2.75, 3.05) is 39.2 Å². The van der Waals surface area contributed by atoms with Gasteiger partial charge in [0, 0.05) is 42.7 Å². The van der Waals surface area contributed by atoms with Gasteiger partial charge in [-0.1, -0.05) is 12.1 Å². The number of thiol groups is 1. The molecule has 1 aliphatic heterocycles. The summed E-state index contributed by atoms with van der Waals surface area (Å²) in [5.41, 5.74) is 4.02. The number of ether oxygens (including phenoxy) is 1. The van der Waals surface area contributed by atoms with E-state index in [4.69, 9.17) is 4.74 Å². The van der Waals surface area contributed by atoms with Gasteiger partial charge in [-0.2, -0.15) is 5.10 Å². The standard InChI is InChI=1S/C26H28N4O4S/c1-28(2)16-26(13-14-26)17-4-6-18(7-5-17)29-15-12-21-22(25(32)34-35)27-30(23(21)24(29)31)19-8-10-20(33-3)11-9-19/h4-11,35H,12-16H2,1-3H3. The van der Waals surface area contributed by atoms with Crippen molar-refractivity contribution < 1.29 is 18.5 Å². The molecule has 2 aromatic carbocycles. The molecule has 0 radical (unpaired) electrons. The number of amides is 1. The molecule has 182 valence electrons. The van der Waals surface area contributed by atoms with E-state index in [0.29, 0.717) is 35.7 Å². The van der Waals surface area contributed by atoms with Crippen LogP contribution in [0.15, 0.2) is 48.5 Å². The fraction of sp³-hybridized carbons (Fsp3) is 0.346. The quantitative estimate of drug-likeness (QED) is 0.401. The second kappa shape index (κ2) is 9.05. The molecule has 2 heterocycles. The van der Waals surface area contributed by atoms with Gasteiger partial charge >= 0.3 is 5.97 Å². The van der Waals surface area contributed by atoms with E-state index in [-0.39, 0.29) is 17.0 Å². The van der Waals surface area contributed by atoms with Crippen molar-refractivity contribution in [1.29, 1.82) is 0 Å². The Labute approximate surface area is 210 Å². The molecule has 0 spiro atoms. The number of anilines is 1. The van der Waals surface area contributed by atoms with Crippen molar-refractivity contribution in [1.82, 2.24) is 14.7 Å². The minimum Gasteiger partial charge on any atom is -0.497 e. The van der Waals surface area contributed by atoms with E-state index in [9.17, 15) is 9.59 Å². The molecule has 1 amide bonds. The van der Waals surface area contributed by atoms with Crippen LogP contribution in [0.4, 0.5) is 5.69 Å². The summed E-state index contributed by atoms with van der Waals surface area (Å²) in [6.07, 6.45) is 2.84. The number of aromatic nitrogens is 2. The molecule has 9 heteroatoms. The molecular formula is C26H28N4O4S. The average molecular weight is 493 g/mol. The van der Waals surface area contributed by atoms with Gasteiger partial charge in [0.2, 0.25) is 0 Å². The summed E-state index contributed by atoms with van der Waals surface area (Å²) < 4.78 is 11.4. The molecule has 0 unspecified atom stereocenters. The first-order valence-electron chi connectivity index (χ1n) is 11.6. The van der Waals surface area contributed by atoms with Crippen LogP contribution in [-0.4, -0.2) is 60.9 Å². The molecule has 5 rings (SSSR count). The molecule has 35 heavy (non-hydrogen) atoms. The van der Waals surface area contributed by atoms with E-state index < -0.39 is 5.97 Å². The minimum atomic E-state index is -0.682. The number of rotatable bonds is 7. The van der Waals surface area contributed by atoms with Crippen LogP contribution in [0.2, 0.25) is 0 Å². The normalized spacial score (nSPS) is 16.3. The van der Waals surface area contributed by atoms with Gasteiger partial charge in [-0.25, -0.2) is 9.48 Å². The van der Waals surface area contributed by atoms with Gasteiger partial charge in [-0.05, 0) is 75.3 Å². The Kier molecular flexibility index (Phi) is 6.06. The van der Waals surface area contributed by atoms with Crippen molar-refractivity contribution in [2.24, 2.45) is 0 Å². The fourth-order valence-corrected chi connectivity index (χ4v) is 5.10. The van der Waals surface area contributed by atoms with Crippen LogP contribution in [-0.2, 0) is 16.0 Å². The molecule has 1 aromatic heterocycles. The number of benzene rings is 2. The summed E-state index contributed by atoms with van der Waals surface area (Å²) in [6, 6.07) is 15.5. The van der Waals surface area contributed by atoms with Crippen LogP contribution >= 0.6 is 12.9 Å². The van der Waals surface area contributed by atoms with Gasteiger partial charge in [-0.3, -0.25) is 4.79 Å². The minimum absolute atomic E-state index is 0.105. The van der Waals surface area contributed by atoms with Crippen LogP contribution < -0.4 is 9.64 Å². The number of hydrogen-bond acceptors (Lipinski definition) is 7. The van der Waals surface area contributed by atoms with E-state index in [1.807, 2.05) is 12.1 Å². The van der Waals surface area contributed by atoms with E-state index in [2.05, 4.69) is 53.3 Å². The van der Waals surface area contributed by atoms with Crippen molar-refractivity contribution in [3.05, 3.63) is 71.0 Å². The highest BCUT2D eigenvalue weighted by Gasteiger charge is 2.44. The number of likely N-dealkylation sites (N-methyl/N-ethyl adjacent to an activating group) is 1. The van der Waals surface area contributed by atoms with Gasteiger partial charge in [0.1, 0.15) is 11.4 Å². The molecule has 1 aliphatic carbocycles. The number of carbonyl (C=O) groups is 2. The smallest absolute Gasteiger partial charge is 0.370 e. The van der Waals surface area contributed by atoms with Crippen molar-refractivity contribution in [2.45, 2.75) is 24.7 Å². The zero-order chi connectivity index (χ0) is 24.7. The fourth-order valence-electron chi connectivity index (χ4n) is 5.01. The van der Waals surface area contributed by atoms with Crippen molar-refractivity contribution in [3.8, 4) is 11.4 Å². The third-order valence-corrected chi connectivity index (χ3v) is 7.04. The zero-order valence-corrected chi connectivity index (χ0v) is 20.9. The van der Waals surface area contributed by atoms with Crippen molar-refractivity contribution in [3.63, 3.8) is 0 Å². The molecule has 1 saturated carbocycles. The van der Waals surface area contributed by atoms with Gasteiger partial charge in [0.25, 0.3) is 5.91 Å². The number of methoxy groups -OCH3 is 1. The molecule has 0 bridgehead atoms. The highest BCUT2D eigenvalue weighted by molar-refractivity contribution is 7.75. The topological polar surface area (TPSA) is 76.9 Å². The Balaban J connectivity index is 1.50. The largest absolute Gasteiger partial charge is 0.497 e. The Hall–Kier alpha value is -3.30. The molecule has 0 saturated heterocycles. The Morgan fingerprint density at radius 2 is 1.74 bits per heavy atom. The number of carbonyl (C=O) groups excluding carboxylic acids is 2. The molecule has 2 aliphatic rings. The molecule has 1 fully saturated rings. The SMILES string of the molecule is COc1ccc(-n2nc(C(=O)OS)c3c2C(=O)N(c2ccc(C4(CN(C)C)CC4)cc2)CC3)cc1. The van der Waals surface area contributed by atoms with Crippen LogP contribution in [0.25, 0.3) is 5.69 Å². The predicted octanol–water partition coefficient (Wildman–Crippen LogP) is 3.68. The third-order valence-electron chi connectivity index (χ3n) is 6.87. The monoisotopic (exact) mass is 492 g/mol. The Morgan fingerprint density at radius 1 is 1.09 bits per heavy atom. The number of fused-ring (bicyclic) bond motifs is 1. The van der Waals surface area contributed by atoms with Gasteiger partial charge in [0.05, 0.1) is 12.8 Å². The lowest BCUT2D eigenvalue weighted by Gasteiger charge is -2.28. The van der Waals surface area contributed by atoms with Crippen molar-refractivity contribution >= 4 is 30.5 Å². The second-order valence-electron chi connectivity index (χ2n) is 9.44. The second-order valence-corrected chi connectivity index (χ2v) is 9.62. The van der Waals surface area contributed by atoms with Gasteiger partial charge in [-0.15, -0.1) is 0 Å². The first-order chi connectivity index (χ1) is 16.9. The first kappa shape index (κ1) is 23.4. The molecule has 3 aromatic rings. The molecule has 0 atom stereocenters. The summed E-state index contributed by atoms with van der Waals surface area (Å²) in [7, 11) is 5.79. The summed E-state index contributed by atoms with van der Waals surface area (Å²) in [4.78, 5) is 30.1. The lowest BCUT2D eigenvalue weighted by Crippen LogP contribution is -2.39. The van der Waals surface area contributed by atoms with E-state index >= 15 is 0 Å². The molecule has 0 N–H and O–H groups in total. The Morgan fingerprint density at radius 3 is 2.31 bits per heavy atom. The van der Waals surface area contributed by atoms with E-state index in [1.54, 1.807) is 36.3 Å². The third kappa shape index (κ3) is 4.19. The summed E-state index contributed by atoms with van der Waals surface area (Å²) in [6.45, 7) is 1.46. The van der Waals surface area contributed by atoms with E-state index in [0.717, 1.165) is 12.2 Å². The predicted molar refractivity (Wildman–Crippen MR) is 136 cm³/mol. The summed E-state index contributed by atoms with van der Waals surface area (Å²) >= 11 is 3.66. The highest BCUT2D eigenvalue weighted by atomic mass is 32.1. The molecular weight excluding hydrogens is 464 g/mol. The Bertz CT molecular complexity index is 1260. The van der Waals surface area contributed by atoms with Crippen LogP contribution in [0.5, 0.6) is 5.75 Å². The summed E-state index contributed by atoms with van der Waals surface area (Å²) in [5, 5.41) is 4.45. The first-order valence-corrected chi connectivity index (χ1v) is 11.9. The maximum atomic E-state index is 13.8. The lowest BCUT2D eigenvalue weighted by atomic mass is 9.95. The average Bonchev–Trinajstić information content (AvgIpc) is 3.54.